The van der Waals surface area contributed by atoms with E-state index in [-0.39, 0.29) is 40.5 Å². The van der Waals surface area contributed by atoms with Crippen molar-refractivity contribution < 1.29 is 51.7 Å². The minimum absolute atomic E-state index is 0.0113. The van der Waals surface area contributed by atoms with Crippen LogP contribution in [0.5, 0.6) is 0 Å². The number of aliphatic hydroxyl groups is 1. The first-order valence-corrected chi connectivity index (χ1v) is 16.0. The number of aromatic nitrogens is 8. The molecule has 0 amide bonds. The quantitative estimate of drug-likeness (QED) is 0.106. The van der Waals surface area contributed by atoms with Gasteiger partial charge in [0.1, 0.15) is 30.2 Å². The fourth-order valence-electron chi connectivity index (χ4n) is 5.13. The highest BCUT2D eigenvalue weighted by Gasteiger charge is 2.50. The Balaban J connectivity index is 1.20. The third-order valence-electron chi connectivity index (χ3n) is 7.05. The van der Waals surface area contributed by atoms with E-state index < -0.39 is 84.0 Å². The number of hydrogen-bond acceptors (Lipinski definition) is 16. The number of aromatic amines is 1. The lowest BCUT2D eigenvalue weighted by atomic mass is 10.1. The molecule has 4 aromatic rings. The van der Waals surface area contributed by atoms with Crippen molar-refractivity contribution in [2.24, 2.45) is 0 Å². The zero-order chi connectivity index (χ0) is 32.0. The summed E-state index contributed by atoms with van der Waals surface area (Å²) >= 11 is 0. The van der Waals surface area contributed by atoms with Crippen LogP contribution in [0.25, 0.3) is 22.3 Å². The molecule has 0 radical (unpaired) electrons. The molecular weight excluding hydrogens is 649 g/mol. The van der Waals surface area contributed by atoms with Crippen LogP contribution in [-0.4, -0.2) is 104 Å². The van der Waals surface area contributed by atoms with E-state index in [1.165, 1.54) is 21.8 Å². The molecule has 6 rings (SSSR count). The Morgan fingerprint density at radius 3 is 2.60 bits per heavy atom. The molecule has 8 N–H and O–H groups in total. The average Bonchev–Trinajstić information content (AvgIpc) is 3.75. The second-order valence-electron chi connectivity index (χ2n) is 9.96. The number of H-pyrrole nitrogens is 1. The van der Waals surface area contributed by atoms with Crippen LogP contribution in [0.2, 0.25) is 0 Å². The monoisotopic (exact) mass is 675 g/mol. The lowest BCUT2D eigenvalue weighted by Gasteiger charge is -2.24. The molecule has 9 atom stereocenters. The zero-order valence-electron chi connectivity index (χ0n) is 22.8. The number of ether oxygens (including phenoxy) is 3. The molecule has 24 heteroatoms. The molecule has 2 fully saturated rings. The molecule has 2 aliphatic rings. The Kier molecular flexibility index (Phi) is 8.61. The van der Waals surface area contributed by atoms with E-state index in [0.717, 1.165) is 6.33 Å². The largest absolute Gasteiger partial charge is 0.534 e. The van der Waals surface area contributed by atoms with Crippen LogP contribution >= 0.6 is 15.9 Å². The summed E-state index contributed by atoms with van der Waals surface area (Å²) in [6.45, 7) is -1.25. The van der Waals surface area contributed by atoms with Crippen molar-refractivity contribution in [2.75, 3.05) is 31.0 Å². The number of nitrogens with two attached hydrogens (primary N) is 2. The first-order valence-electron chi connectivity index (χ1n) is 13.1. The SMILES string of the molecule is Nc1nc2c(ncn2[C@@H]2O[C@H](CO)C[C@@H]2OP(=O)(O)OC[C@H]2O[C@@H](n3cnc4c(N)ncnc43)C(F)C2OC[P+](=O)O)c(=O)[nH]1. The molecule has 4 aromatic heterocycles. The number of phosphoric acid groups is 1. The molecule has 2 aliphatic heterocycles. The van der Waals surface area contributed by atoms with Gasteiger partial charge in [-0.15, -0.1) is 0 Å². The fourth-order valence-corrected chi connectivity index (χ4v) is 6.36. The lowest BCUT2D eigenvalue weighted by Crippen LogP contribution is -2.34. The van der Waals surface area contributed by atoms with Gasteiger partial charge in [0, 0.05) is 6.42 Å². The summed E-state index contributed by atoms with van der Waals surface area (Å²) in [4.78, 5) is 54.4. The fraction of sp³-hybridized carbons (Fsp3) is 0.524. The number of nitrogen functional groups attached to an aromatic ring is 2. The summed E-state index contributed by atoms with van der Waals surface area (Å²) in [5, 5.41) is 9.69. The summed E-state index contributed by atoms with van der Waals surface area (Å²) in [5.41, 5.74) is 11.0. The Labute approximate surface area is 250 Å². The number of phosphoric ester groups is 1. The number of halogens is 1. The van der Waals surface area contributed by atoms with E-state index in [1.54, 1.807) is 0 Å². The second-order valence-corrected chi connectivity index (χ2v) is 12.3. The molecule has 4 unspecified atom stereocenters. The van der Waals surface area contributed by atoms with Crippen LogP contribution in [0.4, 0.5) is 16.2 Å². The van der Waals surface area contributed by atoms with Crippen molar-refractivity contribution in [3.63, 3.8) is 0 Å². The van der Waals surface area contributed by atoms with Crippen LogP contribution in [0.3, 0.4) is 0 Å². The highest BCUT2D eigenvalue weighted by Crippen LogP contribution is 2.50. The Bertz CT molecular complexity index is 1840. The second kappa shape index (κ2) is 12.3. The maximum atomic E-state index is 15.7. The number of imidazole rings is 2. The number of anilines is 2. The number of hydrogen-bond donors (Lipinski definition) is 6. The summed E-state index contributed by atoms with van der Waals surface area (Å²) < 4.78 is 70.0. The molecule has 21 nitrogen and oxygen atoms in total. The predicted octanol–water partition coefficient (Wildman–Crippen LogP) is -0.781. The van der Waals surface area contributed by atoms with Crippen molar-refractivity contribution in [2.45, 2.75) is 49.5 Å². The van der Waals surface area contributed by atoms with E-state index in [9.17, 15) is 28.8 Å². The first kappa shape index (κ1) is 31.4. The molecule has 0 saturated carbocycles. The summed E-state index contributed by atoms with van der Waals surface area (Å²) in [6.07, 6.45) is -6.97. The maximum absolute atomic E-state index is 15.7. The minimum atomic E-state index is -4.99. The van der Waals surface area contributed by atoms with Crippen LogP contribution < -0.4 is 17.0 Å². The Hall–Kier alpha value is -3.56. The highest BCUT2D eigenvalue weighted by atomic mass is 31.2. The van der Waals surface area contributed by atoms with Gasteiger partial charge in [0.05, 0.1) is 32.0 Å². The number of nitrogens with one attached hydrogen (secondary N) is 1. The van der Waals surface area contributed by atoms with E-state index >= 15 is 4.39 Å². The van der Waals surface area contributed by atoms with E-state index in [0.29, 0.717) is 0 Å². The van der Waals surface area contributed by atoms with Crippen molar-refractivity contribution in [1.82, 2.24) is 39.0 Å². The third-order valence-corrected chi connectivity index (χ3v) is 8.43. The lowest BCUT2D eigenvalue weighted by molar-refractivity contribution is -0.0645. The van der Waals surface area contributed by atoms with Crippen molar-refractivity contribution in [1.29, 1.82) is 0 Å². The van der Waals surface area contributed by atoms with Crippen LogP contribution in [-0.2, 0) is 32.4 Å². The number of nitrogens with zero attached hydrogens (tertiary/aromatic N) is 7. The van der Waals surface area contributed by atoms with Gasteiger partial charge in [-0.3, -0.25) is 28.0 Å². The van der Waals surface area contributed by atoms with Crippen molar-refractivity contribution in [3.8, 4) is 0 Å². The smallest absolute Gasteiger partial charge is 0.394 e. The van der Waals surface area contributed by atoms with Gasteiger partial charge in [-0.05, 0) is 4.57 Å². The molecule has 0 aromatic carbocycles. The summed E-state index contributed by atoms with van der Waals surface area (Å²) in [5.74, 6) is -0.189. The zero-order valence-corrected chi connectivity index (χ0v) is 24.6. The number of alkyl halides is 1. The van der Waals surface area contributed by atoms with Crippen LogP contribution in [0, 0.1) is 0 Å². The van der Waals surface area contributed by atoms with Crippen LogP contribution in [0.15, 0.2) is 23.8 Å². The van der Waals surface area contributed by atoms with Gasteiger partial charge in [-0.2, -0.15) is 9.88 Å². The predicted molar refractivity (Wildman–Crippen MR) is 147 cm³/mol. The van der Waals surface area contributed by atoms with Gasteiger partial charge in [0.2, 0.25) is 5.95 Å². The van der Waals surface area contributed by atoms with Gasteiger partial charge >= 0.3 is 15.9 Å². The van der Waals surface area contributed by atoms with E-state index in [1.807, 2.05) is 0 Å². The van der Waals surface area contributed by atoms with Gasteiger partial charge < -0.3 is 35.7 Å². The number of rotatable bonds is 11. The summed E-state index contributed by atoms with van der Waals surface area (Å²) in [7, 11) is -7.82. The highest BCUT2D eigenvalue weighted by molar-refractivity contribution is 7.47. The maximum Gasteiger partial charge on any atom is 0.534 e. The molecular formula is C21H26FN10O11P2+. The van der Waals surface area contributed by atoms with Gasteiger partial charge in [0.25, 0.3) is 11.9 Å². The molecule has 0 aliphatic carbocycles. The van der Waals surface area contributed by atoms with E-state index in [2.05, 4.69) is 29.9 Å². The van der Waals surface area contributed by atoms with Gasteiger partial charge in [0.15, 0.2) is 41.3 Å². The molecule has 0 spiro atoms. The third kappa shape index (κ3) is 6.17. The average molecular weight is 675 g/mol. The Morgan fingerprint density at radius 1 is 1.13 bits per heavy atom. The standard InChI is InChI=1S/C21H25FN10O11P2/c22-11-14(39-7-44(35)36)10(42-20(11)31-5-27-12-15(23)25-4-26-16(12)31)3-40-45(37,38)43-9-1-8(2-33)41-19(9)32-6-28-13-17(32)29-21(24)30-18(13)34/h4-6,8-11,14,19-20,33H,1-3,7H2,(H6-,23,24,25,26,29,30,34,35,36,37,38)/p+1/t8-,9-,10+,11?,14?,19+,20+/m0/s1. The first-order chi connectivity index (χ1) is 21.5. The molecule has 45 heavy (non-hydrogen) atoms. The molecule has 0 bridgehead atoms. The van der Waals surface area contributed by atoms with Gasteiger partial charge in [-0.1, -0.05) is 0 Å². The Morgan fingerprint density at radius 2 is 1.87 bits per heavy atom. The topological polar surface area (TPSA) is 300 Å². The van der Waals surface area contributed by atoms with Gasteiger partial charge in [-0.25, -0.2) is 28.9 Å². The molecule has 2 saturated heterocycles. The van der Waals surface area contributed by atoms with E-state index in [4.69, 9.17) is 34.7 Å². The molecule has 6 heterocycles. The number of fused-ring (bicyclic) bond motifs is 2. The normalized spacial score (nSPS) is 28.6. The van der Waals surface area contributed by atoms with Crippen molar-refractivity contribution in [3.05, 3.63) is 29.3 Å². The minimum Gasteiger partial charge on any atom is -0.394 e. The van der Waals surface area contributed by atoms with Crippen molar-refractivity contribution >= 4 is 49.9 Å². The molecule has 242 valence electrons. The van der Waals surface area contributed by atoms with Crippen LogP contribution in [0.1, 0.15) is 18.9 Å². The summed E-state index contributed by atoms with van der Waals surface area (Å²) in [6, 6.07) is 0. The number of aliphatic hydroxyl groups excluding tert-OH is 1.